The van der Waals surface area contributed by atoms with Gasteiger partial charge in [-0.3, -0.25) is 0 Å². The average Bonchev–Trinajstić information content (AvgIpc) is 3.14. The number of ether oxygens (including phenoxy) is 2. The van der Waals surface area contributed by atoms with E-state index in [9.17, 15) is 0 Å². The second-order valence-corrected chi connectivity index (χ2v) is 8.55. The van der Waals surface area contributed by atoms with Crippen LogP contribution in [0.15, 0.2) is 46.2 Å². The highest BCUT2D eigenvalue weighted by Gasteiger charge is 2.27. The van der Waals surface area contributed by atoms with E-state index in [1.165, 1.54) is 11.8 Å². The molecule has 0 spiro atoms. The summed E-state index contributed by atoms with van der Waals surface area (Å²) in [5, 5.41) is 5.41. The lowest BCUT2D eigenvalue weighted by atomic mass is 10.1. The van der Waals surface area contributed by atoms with Crippen molar-refractivity contribution in [2.24, 2.45) is 0 Å². The van der Waals surface area contributed by atoms with Gasteiger partial charge in [0.05, 0.1) is 16.4 Å². The summed E-state index contributed by atoms with van der Waals surface area (Å²) in [4.78, 5) is 9.02. The molecule has 1 aliphatic heterocycles. The van der Waals surface area contributed by atoms with Crippen LogP contribution in [0.2, 0.25) is 5.15 Å². The summed E-state index contributed by atoms with van der Waals surface area (Å²) in [7, 11) is 0. The third-order valence-corrected chi connectivity index (χ3v) is 6.03. The van der Waals surface area contributed by atoms with Crippen molar-refractivity contribution in [3.63, 3.8) is 0 Å². The van der Waals surface area contributed by atoms with Gasteiger partial charge in [0, 0.05) is 6.61 Å². The van der Waals surface area contributed by atoms with Crippen molar-refractivity contribution in [3.05, 3.63) is 51.7 Å². The van der Waals surface area contributed by atoms with Crippen molar-refractivity contribution in [2.75, 3.05) is 12.9 Å². The van der Waals surface area contributed by atoms with E-state index in [1.807, 2.05) is 41.3 Å². The Morgan fingerprint density at radius 2 is 2.10 bits per heavy atom. The largest absolute Gasteiger partial charge is 0.472 e. The molecule has 1 aliphatic rings. The normalized spacial score (nSPS) is 16.7. The number of nitrogens with zero attached hydrogens (tertiary/aromatic N) is 4. The molecule has 3 aromatic rings. The topological polar surface area (TPSA) is 62.1 Å². The van der Waals surface area contributed by atoms with Crippen molar-refractivity contribution in [1.82, 2.24) is 19.7 Å². The molecule has 152 valence electrons. The van der Waals surface area contributed by atoms with Gasteiger partial charge in [-0.15, -0.1) is 0 Å². The monoisotopic (exact) mass is 494 g/mol. The third-order valence-electron chi connectivity index (χ3n) is 4.63. The number of rotatable bonds is 6. The van der Waals surface area contributed by atoms with Crippen LogP contribution in [0, 0.1) is 0 Å². The second-order valence-electron chi connectivity index (χ2n) is 6.56. The number of thioether (sulfide) groups is 1. The molecular weight excluding hydrogens is 476 g/mol. The van der Waals surface area contributed by atoms with Crippen molar-refractivity contribution < 1.29 is 9.47 Å². The van der Waals surface area contributed by atoms with Crippen LogP contribution in [0.1, 0.15) is 31.1 Å². The maximum atomic E-state index is 6.62. The molecule has 1 fully saturated rings. The minimum absolute atomic E-state index is 0.150. The molecule has 0 N–H and O–H groups in total. The summed E-state index contributed by atoms with van der Waals surface area (Å²) in [5.74, 6) is 0.427. The standard InChI is InChI=1S/C20H20BrClN4O2S/c1-29-20-24-18(22)16(19(25-20)28-12-13-7-3-2-4-8-13)17-14(21)11-23-26(17)15-9-5-6-10-27-15/h2-4,7-8,11,15H,5-6,9-10,12H2,1H3. The molecule has 1 atom stereocenters. The van der Waals surface area contributed by atoms with Crippen LogP contribution in [0.3, 0.4) is 0 Å². The Kier molecular flexibility index (Phi) is 6.74. The molecule has 29 heavy (non-hydrogen) atoms. The fourth-order valence-corrected chi connectivity index (χ4v) is 4.36. The molecule has 6 nitrogen and oxygen atoms in total. The first-order valence-electron chi connectivity index (χ1n) is 9.30. The molecule has 0 aliphatic carbocycles. The zero-order valence-corrected chi connectivity index (χ0v) is 19.0. The lowest BCUT2D eigenvalue weighted by Crippen LogP contribution is -2.20. The summed E-state index contributed by atoms with van der Waals surface area (Å²) in [5.41, 5.74) is 2.42. The van der Waals surface area contributed by atoms with E-state index in [1.54, 1.807) is 6.20 Å². The van der Waals surface area contributed by atoms with E-state index in [-0.39, 0.29) is 6.23 Å². The molecule has 3 heterocycles. The number of hydrogen-bond acceptors (Lipinski definition) is 6. The summed E-state index contributed by atoms with van der Waals surface area (Å²) in [6.45, 7) is 1.09. The molecule has 0 radical (unpaired) electrons. The van der Waals surface area contributed by atoms with Crippen LogP contribution < -0.4 is 4.74 Å². The highest BCUT2D eigenvalue weighted by molar-refractivity contribution is 9.10. The van der Waals surface area contributed by atoms with E-state index in [0.29, 0.717) is 35.0 Å². The van der Waals surface area contributed by atoms with Gasteiger partial charge >= 0.3 is 0 Å². The maximum absolute atomic E-state index is 6.62. The smallest absolute Gasteiger partial charge is 0.229 e. The molecule has 1 unspecified atom stereocenters. The Balaban J connectivity index is 1.76. The summed E-state index contributed by atoms with van der Waals surface area (Å²) in [6.07, 6.45) is 6.54. The molecule has 0 saturated carbocycles. The lowest BCUT2D eigenvalue weighted by Gasteiger charge is -2.25. The van der Waals surface area contributed by atoms with Crippen molar-refractivity contribution in [1.29, 1.82) is 0 Å². The summed E-state index contributed by atoms with van der Waals surface area (Å²) in [6, 6.07) is 9.95. The van der Waals surface area contributed by atoms with Crippen LogP contribution in [0.5, 0.6) is 5.88 Å². The zero-order chi connectivity index (χ0) is 20.2. The minimum atomic E-state index is -0.150. The third kappa shape index (κ3) is 4.60. The van der Waals surface area contributed by atoms with Crippen molar-refractivity contribution in [2.45, 2.75) is 37.3 Å². The average molecular weight is 496 g/mol. The number of hydrogen-bond donors (Lipinski definition) is 0. The van der Waals surface area contributed by atoms with Gasteiger partial charge in [0.15, 0.2) is 11.4 Å². The molecular formula is C20H20BrClN4O2S. The molecule has 2 aromatic heterocycles. The Hall–Kier alpha value is -1.61. The van der Waals surface area contributed by atoms with Crippen LogP contribution in [-0.2, 0) is 11.3 Å². The highest BCUT2D eigenvalue weighted by atomic mass is 79.9. The Labute approximate surface area is 187 Å². The lowest BCUT2D eigenvalue weighted by molar-refractivity contribution is -0.0384. The molecule has 9 heteroatoms. The van der Waals surface area contributed by atoms with E-state index >= 15 is 0 Å². The fraction of sp³-hybridized carbons (Fsp3) is 0.350. The summed E-state index contributed by atoms with van der Waals surface area (Å²) < 4.78 is 14.7. The summed E-state index contributed by atoms with van der Waals surface area (Å²) >= 11 is 11.6. The van der Waals surface area contributed by atoms with Crippen molar-refractivity contribution >= 4 is 39.3 Å². The second kappa shape index (κ2) is 9.47. The predicted molar refractivity (Wildman–Crippen MR) is 117 cm³/mol. The van der Waals surface area contributed by atoms with Crippen LogP contribution in [-0.4, -0.2) is 32.6 Å². The molecule has 1 saturated heterocycles. The fourth-order valence-electron chi connectivity index (χ4n) is 3.23. The van der Waals surface area contributed by atoms with Gasteiger partial charge in [-0.25, -0.2) is 9.67 Å². The molecule has 0 bridgehead atoms. The zero-order valence-electron chi connectivity index (χ0n) is 15.8. The molecule has 0 amide bonds. The number of benzene rings is 1. The van der Waals surface area contributed by atoms with Gasteiger partial charge in [0.2, 0.25) is 5.88 Å². The quantitative estimate of drug-likeness (QED) is 0.246. The first-order valence-corrected chi connectivity index (χ1v) is 11.7. The van der Waals surface area contributed by atoms with Gasteiger partial charge in [0.25, 0.3) is 0 Å². The SMILES string of the molecule is CSc1nc(Cl)c(-c2c(Br)cnn2C2CCCCO2)c(OCc2ccccc2)n1. The van der Waals surface area contributed by atoms with E-state index < -0.39 is 0 Å². The highest BCUT2D eigenvalue weighted by Crippen LogP contribution is 2.41. The number of aromatic nitrogens is 4. The van der Waals surface area contributed by atoms with Crippen molar-refractivity contribution in [3.8, 4) is 17.1 Å². The Bertz CT molecular complexity index is 980. The van der Waals surface area contributed by atoms with Crippen LogP contribution in [0.4, 0.5) is 0 Å². The van der Waals surface area contributed by atoms with E-state index in [0.717, 1.165) is 35.0 Å². The van der Waals surface area contributed by atoms with Gasteiger partial charge in [-0.05, 0) is 47.0 Å². The molecule has 4 rings (SSSR count). The predicted octanol–water partition coefficient (Wildman–Crippen LogP) is 5.76. The van der Waals surface area contributed by atoms with Gasteiger partial charge < -0.3 is 9.47 Å². The molecule has 1 aromatic carbocycles. The van der Waals surface area contributed by atoms with E-state index in [2.05, 4.69) is 31.0 Å². The van der Waals surface area contributed by atoms with E-state index in [4.69, 9.17) is 21.1 Å². The Morgan fingerprint density at radius 1 is 1.28 bits per heavy atom. The minimum Gasteiger partial charge on any atom is -0.472 e. The Morgan fingerprint density at radius 3 is 2.83 bits per heavy atom. The maximum Gasteiger partial charge on any atom is 0.229 e. The van der Waals surface area contributed by atoms with Gasteiger partial charge in [-0.2, -0.15) is 10.1 Å². The van der Waals surface area contributed by atoms with Crippen LogP contribution in [0.25, 0.3) is 11.3 Å². The number of halogens is 2. The van der Waals surface area contributed by atoms with Crippen LogP contribution >= 0.6 is 39.3 Å². The van der Waals surface area contributed by atoms with Gasteiger partial charge in [0.1, 0.15) is 17.3 Å². The van der Waals surface area contributed by atoms with Gasteiger partial charge in [-0.1, -0.05) is 53.7 Å². The first-order chi connectivity index (χ1) is 14.2. The first kappa shape index (κ1) is 20.7.